The van der Waals surface area contributed by atoms with Gasteiger partial charge in [-0.3, -0.25) is 0 Å². The van der Waals surface area contributed by atoms with Crippen LogP contribution >= 0.6 is 11.6 Å². The van der Waals surface area contributed by atoms with Crippen molar-refractivity contribution in [2.24, 2.45) is 5.92 Å². The van der Waals surface area contributed by atoms with Gasteiger partial charge in [-0.1, -0.05) is 24.6 Å². The van der Waals surface area contributed by atoms with Crippen LogP contribution in [0.2, 0.25) is 5.02 Å². The van der Waals surface area contributed by atoms with E-state index in [1.807, 2.05) is 6.07 Å². The molecule has 0 radical (unpaired) electrons. The van der Waals surface area contributed by atoms with Crippen LogP contribution in [-0.2, 0) is 0 Å². The third kappa shape index (κ3) is 4.13. The standard InChI is InChI=1S/C17H27ClN2/c1-4-9-20-10-7-15(8-11-20)14(3)19-17-12-13(2)5-6-16(17)18/h5-6,12,14-15,19H,4,7-11H2,1-3H3. The van der Waals surface area contributed by atoms with E-state index >= 15 is 0 Å². The molecule has 1 aromatic carbocycles. The third-order valence-electron chi connectivity index (χ3n) is 4.38. The van der Waals surface area contributed by atoms with Crippen LogP contribution in [0.5, 0.6) is 0 Å². The summed E-state index contributed by atoms with van der Waals surface area (Å²) < 4.78 is 0. The van der Waals surface area contributed by atoms with Crippen LogP contribution in [0.25, 0.3) is 0 Å². The highest BCUT2D eigenvalue weighted by Crippen LogP contribution is 2.27. The molecule has 20 heavy (non-hydrogen) atoms. The lowest BCUT2D eigenvalue weighted by Gasteiger charge is -2.35. The lowest BCUT2D eigenvalue weighted by atomic mass is 9.90. The molecule has 1 fully saturated rings. The van der Waals surface area contributed by atoms with Gasteiger partial charge in [0.1, 0.15) is 0 Å². The van der Waals surface area contributed by atoms with Gasteiger partial charge in [0.15, 0.2) is 0 Å². The number of nitrogens with one attached hydrogen (secondary N) is 1. The summed E-state index contributed by atoms with van der Waals surface area (Å²) in [5.41, 5.74) is 2.33. The second-order valence-corrected chi connectivity index (χ2v) is 6.50. The Hall–Kier alpha value is -0.730. The zero-order valence-corrected chi connectivity index (χ0v) is 13.7. The number of aryl methyl sites for hydroxylation is 1. The number of rotatable bonds is 5. The van der Waals surface area contributed by atoms with E-state index in [1.165, 1.54) is 44.5 Å². The number of likely N-dealkylation sites (tertiary alicyclic amines) is 1. The largest absolute Gasteiger partial charge is 0.381 e. The minimum Gasteiger partial charge on any atom is -0.381 e. The van der Waals surface area contributed by atoms with Crippen molar-refractivity contribution in [1.82, 2.24) is 4.90 Å². The first-order valence-corrected chi connectivity index (χ1v) is 8.23. The highest BCUT2D eigenvalue weighted by molar-refractivity contribution is 6.33. The van der Waals surface area contributed by atoms with Crippen LogP contribution in [0, 0.1) is 12.8 Å². The highest BCUT2D eigenvalue weighted by Gasteiger charge is 2.23. The number of piperidine rings is 1. The van der Waals surface area contributed by atoms with E-state index in [4.69, 9.17) is 11.6 Å². The summed E-state index contributed by atoms with van der Waals surface area (Å²) >= 11 is 6.27. The van der Waals surface area contributed by atoms with E-state index in [2.05, 4.69) is 43.1 Å². The first-order chi connectivity index (χ1) is 9.60. The maximum absolute atomic E-state index is 6.27. The van der Waals surface area contributed by atoms with Gasteiger partial charge in [-0.2, -0.15) is 0 Å². The summed E-state index contributed by atoms with van der Waals surface area (Å²) in [7, 11) is 0. The van der Waals surface area contributed by atoms with E-state index in [-0.39, 0.29) is 0 Å². The van der Waals surface area contributed by atoms with Crippen LogP contribution < -0.4 is 5.32 Å². The topological polar surface area (TPSA) is 15.3 Å². The van der Waals surface area contributed by atoms with Crippen molar-refractivity contribution in [2.75, 3.05) is 25.0 Å². The zero-order chi connectivity index (χ0) is 14.5. The highest BCUT2D eigenvalue weighted by atomic mass is 35.5. The van der Waals surface area contributed by atoms with Crippen molar-refractivity contribution in [3.8, 4) is 0 Å². The average Bonchev–Trinajstić information content (AvgIpc) is 2.44. The molecule has 0 bridgehead atoms. The molecule has 1 aliphatic rings. The van der Waals surface area contributed by atoms with Crippen molar-refractivity contribution < 1.29 is 0 Å². The van der Waals surface area contributed by atoms with E-state index < -0.39 is 0 Å². The number of hydrogen-bond donors (Lipinski definition) is 1. The first kappa shape index (κ1) is 15.7. The minimum absolute atomic E-state index is 0.484. The summed E-state index contributed by atoms with van der Waals surface area (Å²) in [5, 5.41) is 4.44. The van der Waals surface area contributed by atoms with Gasteiger partial charge in [-0.25, -0.2) is 0 Å². The molecule has 2 nitrogen and oxygen atoms in total. The van der Waals surface area contributed by atoms with E-state index in [9.17, 15) is 0 Å². The summed E-state index contributed by atoms with van der Waals surface area (Å²) in [6.07, 6.45) is 3.84. The predicted molar refractivity (Wildman–Crippen MR) is 88.7 cm³/mol. The summed E-state index contributed by atoms with van der Waals surface area (Å²) in [6.45, 7) is 10.4. The van der Waals surface area contributed by atoms with Gasteiger partial charge in [0.05, 0.1) is 10.7 Å². The summed E-state index contributed by atoms with van der Waals surface area (Å²) in [6, 6.07) is 6.67. The molecule has 0 spiro atoms. The Morgan fingerprint density at radius 3 is 2.70 bits per heavy atom. The normalized spacial score (nSPS) is 19.0. The van der Waals surface area contributed by atoms with Gasteiger partial charge in [0.25, 0.3) is 0 Å². The van der Waals surface area contributed by atoms with Crippen LogP contribution in [-0.4, -0.2) is 30.6 Å². The molecule has 1 unspecified atom stereocenters. The van der Waals surface area contributed by atoms with Crippen LogP contribution in [0.15, 0.2) is 18.2 Å². The van der Waals surface area contributed by atoms with Crippen molar-refractivity contribution in [3.63, 3.8) is 0 Å². The molecule has 3 heteroatoms. The molecule has 1 N–H and O–H groups in total. The van der Waals surface area contributed by atoms with Gasteiger partial charge in [0, 0.05) is 6.04 Å². The van der Waals surface area contributed by atoms with Crippen molar-refractivity contribution >= 4 is 17.3 Å². The van der Waals surface area contributed by atoms with Gasteiger partial charge < -0.3 is 10.2 Å². The van der Waals surface area contributed by atoms with Gasteiger partial charge in [0.2, 0.25) is 0 Å². The SMILES string of the molecule is CCCN1CCC(C(C)Nc2cc(C)ccc2Cl)CC1. The molecule has 1 aromatic rings. The average molecular weight is 295 g/mol. The van der Waals surface area contributed by atoms with Crippen LogP contribution in [0.1, 0.15) is 38.7 Å². The van der Waals surface area contributed by atoms with Crippen molar-refractivity contribution in [2.45, 2.75) is 46.1 Å². The smallest absolute Gasteiger partial charge is 0.0637 e. The van der Waals surface area contributed by atoms with Gasteiger partial charge >= 0.3 is 0 Å². The van der Waals surface area contributed by atoms with E-state index in [0.717, 1.165) is 16.6 Å². The molecule has 1 saturated heterocycles. The monoisotopic (exact) mass is 294 g/mol. The van der Waals surface area contributed by atoms with Gasteiger partial charge in [-0.05, 0) is 76.4 Å². The molecular formula is C17H27ClN2. The lowest BCUT2D eigenvalue weighted by molar-refractivity contribution is 0.176. The fourth-order valence-corrected chi connectivity index (χ4v) is 3.28. The lowest BCUT2D eigenvalue weighted by Crippen LogP contribution is -2.39. The Morgan fingerprint density at radius 1 is 1.35 bits per heavy atom. The minimum atomic E-state index is 0.484. The summed E-state index contributed by atoms with van der Waals surface area (Å²) in [5.74, 6) is 0.750. The fraction of sp³-hybridized carbons (Fsp3) is 0.647. The summed E-state index contributed by atoms with van der Waals surface area (Å²) in [4.78, 5) is 2.59. The quantitative estimate of drug-likeness (QED) is 0.856. The Labute approximate surface area is 128 Å². The third-order valence-corrected chi connectivity index (χ3v) is 4.71. The molecular weight excluding hydrogens is 268 g/mol. The number of nitrogens with zero attached hydrogens (tertiary/aromatic N) is 1. The maximum atomic E-state index is 6.27. The van der Waals surface area contributed by atoms with Crippen LogP contribution in [0.3, 0.4) is 0 Å². The molecule has 0 aliphatic carbocycles. The molecule has 0 amide bonds. The van der Waals surface area contributed by atoms with E-state index in [0.29, 0.717) is 6.04 Å². The second-order valence-electron chi connectivity index (χ2n) is 6.10. The Morgan fingerprint density at radius 2 is 2.05 bits per heavy atom. The molecule has 1 aliphatic heterocycles. The number of hydrogen-bond acceptors (Lipinski definition) is 2. The molecule has 112 valence electrons. The Balaban J connectivity index is 1.89. The molecule has 2 rings (SSSR count). The number of halogens is 1. The first-order valence-electron chi connectivity index (χ1n) is 7.85. The number of anilines is 1. The van der Waals surface area contributed by atoms with E-state index in [1.54, 1.807) is 0 Å². The molecule has 0 saturated carbocycles. The number of benzene rings is 1. The maximum Gasteiger partial charge on any atom is 0.0637 e. The van der Waals surface area contributed by atoms with Crippen LogP contribution in [0.4, 0.5) is 5.69 Å². The van der Waals surface area contributed by atoms with Gasteiger partial charge in [-0.15, -0.1) is 0 Å². The molecule has 1 heterocycles. The Kier molecular flexibility index (Phi) is 5.74. The van der Waals surface area contributed by atoms with Crippen molar-refractivity contribution in [3.05, 3.63) is 28.8 Å². The predicted octanol–water partition coefficient (Wildman–Crippen LogP) is 4.57. The van der Waals surface area contributed by atoms with Crippen molar-refractivity contribution in [1.29, 1.82) is 0 Å². The Bertz CT molecular complexity index is 425. The molecule has 1 atom stereocenters. The zero-order valence-electron chi connectivity index (χ0n) is 13.0. The fourth-order valence-electron chi connectivity index (χ4n) is 3.11. The molecule has 0 aromatic heterocycles. The second kappa shape index (κ2) is 7.33.